The van der Waals surface area contributed by atoms with E-state index in [-0.39, 0.29) is 5.54 Å². The summed E-state index contributed by atoms with van der Waals surface area (Å²) >= 11 is 0. The number of nitrogens with zero attached hydrogens (tertiary/aromatic N) is 2. The first kappa shape index (κ1) is 12.2. The minimum Gasteiger partial charge on any atom is -0.382 e. The molecule has 1 aromatic heterocycles. The minimum atomic E-state index is -4.17. The summed E-state index contributed by atoms with van der Waals surface area (Å²) in [6.45, 7) is -0.665. The van der Waals surface area contributed by atoms with E-state index in [9.17, 15) is 13.2 Å². The van der Waals surface area contributed by atoms with Gasteiger partial charge in [0.05, 0.1) is 18.4 Å². The quantitative estimate of drug-likeness (QED) is 0.849. The number of rotatable bonds is 4. The molecule has 1 fully saturated rings. The van der Waals surface area contributed by atoms with Crippen molar-refractivity contribution in [3.05, 3.63) is 12.5 Å². The average molecular weight is 248 g/mol. The fourth-order valence-corrected chi connectivity index (χ4v) is 2.15. The molecule has 0 saturated heterocycles. The normalized spacial score (nSPS) is 19.0. The van der Waals surface area contributed by atoms with Gasteiger partial charge in [-0.3, -0.25) is 0 Å². The Morgan fingerprint density at radius 3 is 2.59 bits per heavy atom. The van der Waals surface area contributed by atoms with Crippen LogP contribution >= 0.6 is 0 Å². The number of hydrogen-bond donors (Lipinski definition) is 2. The van der Waals surface area contributed by atoms with Gasteiger partial charge >= 0.3 is 6.18 Å². The van der Waals surface area contributed by atoms with E-state index < -0.39 is 12.7 Å². The Labute approximate surface area is 97.0 Å². The van der Waals surface area contributed by atoms with Crippen LogP contribution < -0.4 is 11.1 Å². The van der Waals surface area contributed by atoms with Crippen molar-refractivity contribution < 1.29 is 13.2 Å². The molecular weight excluding hydrogens is 233 g/mol. The second kappa shape index (κ2) is 4.21. The first-order valence-corrected chi connectivity index (χ1v) is 5.49. The molecule has 3 N–H and O–H groups in total. The van der Waals surface area contributed by atoms with Crippen LogP contribution in [-0.4, -0.2) is 28.8 Å². The molecule has 0 spiro atoms. The third-order valence-electron chi connectivity index (χ3n) is 3.21. The number of nitrogen functional groups attached to an aromatic ring is 1. The van der Waals surface area contributed by atoms with Gasteiger partial charge in [-0.05, 0) is 19.3 Å². The molecule has 7 heteroatoms. The lowest BCUT2D eigenvalue weighted by Gasteiger charge is -2.43. The van der Waals surface area contributed by atoms with Crippen LogP contribution in [0.5, 0.6) is 0 Å². The van der Waals surface area contributed by atoms with Gasteiger partial charge in [-0.2, -0.15) is 13.2 Å². The largest absolute Gasteiger partial charge is 0.401 e. The first-order chi connectivity index (χ1) is 7.91. The Morgan fingerprint density at radius 1 is 1.47 bits per heavy atom. The van der Waals surface area contributed by atoms with Crippen molar-refractivity contribution in [1.82, 2.24) is 14.9 Å². The summed E-state index contributed by atoms with van der Waals surface area (Å²) in [6.07, 6.45) is 1.82. The molecule has 0 amide bonds. The SMILES string of the molecule is Nc1cn(C2(CNCC(F)(F)F)CCC2)cn1. The fourth-order valence-electron chi connectivity index (χ4n) is 2.15. The van der Waals surface area contributed by atoms with Crippen LogP contribution in [0.25, 0.3) is 0 Å². The van der Waals surface area contributed by atoms with Crippen molar-refractivity contribution >= 4 is 5.82 Å². The fraction of sp³-hybridized carbons (Fsp3) is 0.700. The molecular formula is C10H15F3N4. The zero-order valence-electron chi connectivity index (χ0n) is 9.30. The number of aromatic nitrogens is 2. The third-order valence-corrected chi connectivity index (χ3v) is 3.21. The molecule has 1 aliphatic rings. The van der Waals surface area contributed by atoms with E-state index in [1.54, 1.807) is 12.5 Å². The van der Waals surface area contributed by atoms with E-state index in [4.69, 9.17) is 5.73 Å². The van der Waals surface area contributed by atoms with E-state index in [1.165, 1.54) is 0 Å². The van der Waals surface area contributed by atoms with E-state index in [2.05, 4.69) is 10.3 Å². The van der Waals surface area contributed by atoms with Gasteiger partial charge in [0, 0.05) is 12.7 Å². The molecule has 96 valence electrons. The lowest BCUT2D eigenvalue weighted by Crippen LogP contribution is -2.49. The number of halogens is 3. The molecule has 1 heterocycles. The highest BCUT2D eigenvalue weighted by atomic mass is 19.4. The van der Waals surface area contributed by atoms with E-state index in [1.807, 2.05) is 4.57 Å². The maximum absolute atomic E-state index is 12.1. The van der Waals surface area contributed by atoms with Crippen molar-refractivity contribution in [2.75, 3.05) is 18.8 Å². The molecule has 2 rings (SSSR count). The molecule has 0 aliphatic heterocycles. The summed E-state index contributed by atoms with van der Waals surface area (Å²) in [6, 6.07) is 0. The Balaban J connectivity index is 1.96. The Kier molecular flexibility index (Phi) is 3.03. The van der Waals surface area contributed by atoms with Crippen LogP contribution in [0.15, 0.2) is 12.5 Å². The number of nitrogens with two attached hydrogens (primary N) is 1. The molecule has 1 aliphatic carbocycles. The summed E-state index contributed by atoms with van der Waals surface area (Å²) < 4.78 is 38.0. The monoisotopic (exact) mass is 248 g/mol. The Bertz CT molecular complexity index is 381. The maximum atomic E-state index is 12.1. The molecule has 17 heavy (non-hydrogen) atoms. The van der Waals surface area contributed by atoms with Gasteiger partial charge in [0.1, 0.15) is 5.82 Å². The van der Waals surface area contributed by atoms with Crippen molar-refractivity contribution in [2.45, 2.75) is 31.0 Å². The van der Waals surface area contributed by atoms with Crippen LogP contribution in [0.3, 0.4) is 0 Å². The summed E-state index contributed by atoms with van der Waals surface area (Å²) in [5, 5.41) is 2.46. The summed E-state index contributed by atoms with van der Waals surface area (Å²) in [7, 11) is 0. The zero-order valence-corrected chi connectivity index (χ0v) is 9.30. The first-order valence-electron chi connectivity index (χ1n) is 5.49. The van der Waals surface area contributed by atoms with Crippen LogP contribution in [-0.2, 0) is 5.54 Å². The third kappa shape index (κ3) is 2.71. The van der Waals surface area contributed by atoms with E-state index >= 15 is 0 Å². The van der Waals surface area contributed by atoms with Crippen LogP contribution in [0.4, 0.5) is 19.0 Å². The summed E-state index contributed by atoms with van der Waals surface area (Å²) in [5.74, 6) is 0.395. The molecule has 0 radical (unpaired) electrons. The van der Waals surface area contributed by atoms with Gasteiger partial charge < -0.3 is 15.6 Å². The molecule has 0 atom stereocenters. The number of alkyl halides is 3. The second-order valence-electron chi connectivity index (χ2n) is 4.50. The second-order valence-corrected chi connectivity index (χ2v) is 4.50. The summed E-state index contributed by atoms with van der Waals surface area (Å²) in [5.41, 5.74) is 5.24. The predicted octanol–water partition coefficient (Wildman–Crippen LogP) is 1.50. The molecule has 0 aromatic carbocycles. The smallest absolute Gasteiger partial charge is 0.382 e. The highest BCUT2D eigenvalue weighted by Crippen LogP contribution is 2.39. The van der Waals surface area contributed by atoms with Crippen LogP contribution in [0.2, 0.25) is 0 Å². The van der Waals surface area contributed by atoms with Gasteiger partial charge in [0.2, 0.25) is 0 Å². The number of hydrogen-bond acceptors (Lipinski definition) is 3. The van der Waals surface area contributed by atoms with E-state index in [0.717, 1.165) is 19.3 Å². The van der Waals surface area contributed by atoms with Crippen LogP contribution in [0.1, 0.15) is 19.3 Å². The number of anilines is 1. The lowest BCUT2D eigenvalue weighted by atomic mass is 9.76. The predicted molar refractivity (Wildman–Crippen MR) is 57.4 cm³/mol. The number of nitrogens with one attached hydrogen (secondary N) is 1. The van der Waals surface area contributed by atoms with E-state index in [0.29, 0.717) is 12.4 Å². The topological polar surface area (TPSA) is 55.9 Å². The number of imidazole rings is 1. The highest BCUT2D eigenvalue weighted by molar-refractivity contribution is 5.24. The van der Waals surface area contributed by atoms with Crippen molar-refractivity contribution in [1.29, 1.82) is 0 Å². The maximum Gasteiger partial charge on any atom is 0.401 e. The molecule has 0 bridgehead atoms. The van der Waals surface area contributed by atoms with Gasteiger partial charge in [0.25, 0.3) is 0 Å². The summed E-state index contributed by atoms with van der Waals surface area (Å²) in [4.78, 5) is 3.91. The van der Waals surface area contributed by atoms with Crippen LogP contribution in [0, 0.1) is 0 Å². The van der Waals surface area contributed by atoms with Gasteiger partial charge in [-0.15, -0.1) is 0 Å². The lowest BCUT2D eigenvalue weighted by molar-refractivity contribution is -0.126. The Morgan fingerprint density at radius 2 is 2.18 bits per heavy atom. The van der Waals surface area contributed by atoms with Crippen molar-refractivity contribution in [2.24, 2.45) is 0 Å². The average Bonchev–Trinajstić information content (AvgIpc) is 2.55. The van der Waals surface area contributed by atoms with Crippen molar-refractivity contribution in [3.8, 4) is 0 Å². The van der Waals surface area contributed by atoms with Gasteiger partial charge in [0.15, 0.2) is 0 Å². The molecule has 1 saturated carbocycles. The zero-order chi connectivity index (χ0) is 12.5. The standard InChI is InChI=1S/C10H15F3N4/c11-10(12,13)6-15-5-9(2-1-3-9)17-4-8(14)16-7-17/h4,7,15H,1-3,5-6,14H2. The molecule has 1 aromatic rings. The Hall–Kier alpha value is -1.24. The minimum absolute atomic E-state index is 0.282. The van der Waals surface area contributed by atoms with Crippen molar-refractivity contribution in [3.63, 3.8) is 0 Å². The highest BCUT2D eigenvalue weighted by Gasteiger charge is 2.39. The van der Waals surface area contributed by atoms with Gasteiger partial charge in [-0.25, -0.2) is 4.98 Å². The van der Waals surface area contributed by atoms with Gasteiger partial charge in [-0.1, -0.05) is 0 Å². The molecule has 4 nitrogen and oxygen atoms in total. The molecule has 0 unspecified atom stereocenters.